The van der Waals surface area contributed by atoms with Gasteiger partial charge in [-0.05, 0) is 48.4 Å². The molecule has 5 aromatic rings. The van der Waals surface area contributed by atoms with Crippen molar-refractivity contribution in [3.63, 3.8) is 0 Å². The monoisotopic (exact) mass is 589 g/mol. The summed E-state index contributed by atoms with van der Waals surface area (Å²) < 4.78 is 5.92. The van der Waals surface area contributed by atoms with Crippen molar-refractivity contribution in [2.75, 3.05) is 34.8 Å². The van der Waals surface area contributed by atoms with E-state index in [9.17, 15) is 14.4 Å². The molecule has 2 aliphatic rings. The highest BCUT2D eigenvalue weighted by Gasteiger charge is 2.28. The van der Waals surface area contributed by atoms with Crippen molar-refractivity contribution >= 4 is 40.5 Å². The van der Waals surface area contributed by atoms with Gasteiger partial charge in [-0.15, -0.1) is 11.3 Å². The SMILES string of the molecule is O=C(Nc1cccc(=O)[nH]1)c1cc2c(s1)-c1ccccc1N(C(=O)c1cccc(N3CCOc4ccccc4C3)n1)CC2. The third kappa shape index (κ3) is 5.28. The number of amides is 2. The molecule has 214 valence electrons. The van der Waals surface area contributed by atoms with Crippen LogP contribution in [0.1, 0.15) is 31.3 Å². The first-order chi connectivity index (χ1) is 21.0. The zero-order valence-electron chi connectivity index (χ0n) is 23.1. The van der Waals surface area contributed by atoms with E-state index in [0.717, 1.165) is 38.8 Å². The molecule has 0 unspecified atom stereocenters. The number of H-pyrrole nitrogens is 1. The summed E-state index contributed by atoms with van der Waals surface area (Å²) in [6.45, 7) is 2.26. The number of para-hydroxylation sites is 2. The fraction of sp³-hybridized carbons (Fsp3) is 0.152. The molecule has 3 aromatic heterocycles. The molecule has 0 atom stereocenters. The number of thiophene rings is 1. The van der Waals surface area contributed by atoms with Crippen LogP contribution in [0.15, 0.2) is 95.8 Å². The van der Waals surface area contributed by atoms with Gasteiger partial charge in [0, 0.05) is 35.2 Å². The number of hydrogen-bond donors (Lipinski definition) is 2. The molecule has 9 nitrogen and oxygen atoms in total. The van der Waals surface area contributed by atoms with Gasteiger partial charge in [0.25, 0.3) is 11.8 Å². The van der Waals surface area contributed by atoms with E-state index in [2.05, 4.69) is 15.2 Å². The lowest BCUT2D eigenvalue weighted by Gasteiger charge is -2.24. The minimum absolute atomic E-state index is 0.179. The molecule has 10 heteroatoms. The second kappa shape index (κ2) is 11.2. The van der Waals surface area contributed by atoms with Gasteiger partial charge >= 0.3 is 0 Å². The fourth-order valence-electron chi connectivity index (χ4n) is 5.50. The largest absolute Gasteiger partial charge is 0.491 e. The first kappa shape index (κ1) is 26.7. The Morgan fingerprint density at radius 2 is 1.74 bits per heavy atom. The molecule has 0 saturated heterocycles. The summed E-state index contributed by atoms with van der Waals surface area (Å²) >= 11 is 1.37. The van der Waals surface area contributed by atoms with E-state index in [1.54, 1.807) is 23.1 Å². The molecular formula is C33H27N5O4S. The Hall–Kier alpha value is -5.22. The van der Waals surface area contributed by atoms with Gasteiger partial charge in [0.1, 0.15) is 29.7 Å². The Balaban J connectivity index is 1.16. The molecule has 2 aliphatic heterocycles. The normalized spacial score (nSPS) is 14.0. The molecule has 2 amide bonds. The number of nitrogens with zero attached hydrogens (tertiary/aromatic N) is 3. The number of anilines is 3. The summed E-state index contributed by atoms with van der Waals surface area (Å²) in [7, 11) is 0. The molecule has 0 aliphatic carbocycles. The van der Waals surface area contributed by atoms with Gasteiger partial charge in [0.05, 0.1) is 17.1 Å². The van der Waals surface area contributed by atoms with Crippen molar-refractivity contribution in [3.05, 3.63) is 123 Å². The molecule has 0 saturated carbocycles. The minimum atomic E-state index is -0.298. The first-order valence-electron chi connectivity index (χ1n) is 14.0. The van der Waals surface area contributed by atoms with Crippen LogP contribution in [-0.4, -0.2) is 41.5 Å². The van der Waals surface area contributed by atoms with Gasteiger partial charge in [-0.1, -0.05) is 48.5 Å². The predicted molar refractivity (Wildman–Crippen MR) is 167 cm³/mol. The molecule has 5 heterocycles. The third-order valence-electron chi connectivity index (χ3n) is 7.57. The van der Waals surface area contributed by atoms with Gasteiger partial charge in [0.15, 0.2) is 0 Å². The quantitative estimate of drug-likeness (QED) is 0.293. The van der Waals surface area contributed by atoms with Crippen molar-refractivity contribution in [2.24, 2.45) is 0 Å². The molecule has 43 heavy (non-hydrogen) atoms. The van der Waals surface area contributed by atoms with Gasteiger partial charge in [-0.2, -0.15) is 0 Å². The highest BCUT2D eigenvalue weighted by Crippen LogP contribution is 2.42. The van der Waals surface area contributed by atoms with E-state index in [4.69, 9.17) is 9.72 Å². The smallest absolute Gasteiger partial charge is 0.276 e. The topological polar surface area (TPSA) is 108 Å². The highest BCUT2D eigenvalue weighted by molar-refractivity contribution is 7.17. The lowest BCUT2D eigenvalue weighted by atomic mass is 10.1. The van der Waals surface area contributed by atoms with Crippen molar-refractivity contribution in [1.82, 2.24) is 9.97 Å². The van der Waals surface area contributed by atoms with Crippen LogP contribution in [0.2, 0.25) is 0 Å². The highest BCUT2D eigenvalue weighted by atomic mass is 32.1. The number of benzene rings is 2. The Morgan fingerprint density at radius 1 is 0.907 bits per heavy atom. The number of fused-ring (bicyclic) bond motifs is 4. The van der Waals surface area contributed by atoms with Crippen LogP contribution in [-0.2, 0) is 13.0 Å². The maximum absolute atomic E-state index is 14.0. The van der Waals surface area contributed by atoms with Gasteiger partial charge in [0.2, 0.25) is 5.56 Å². The maximum atomic E-state index is 14.0. The molecule has 0 spiro atoms. The van der Waals surface area contributed by atoms with E-state index in [0.29, 0.717) is 49.1 Å². The minimum Gasteiger partial charge on any atom is -0.491 e. The summed E-state index contributed by atoms with van der Waals surface area (Å²) in [5.74, 6) is 1.46. The van der Waals surface area contributed by atoms with Crippen LogP contribution < -0.4 is 25.4 Å². The zero-order valence-corrected chi connectivity index (χ0v) is 23.9. The summed E-state index contributed by atoms with van der Waals surface area (Å²) in [4.78, 5) is 51.5. The van der Waals surface area contributed by atoms with E-state index in [-0.39, 0.29) is 17.4 Å². The van der Waals surface area contributed by atoms with E-state index in [1.807, 2.05) is 66.7 Å². The summed E-state index contributed by atoms with van der Waals surface area (Å²) in [6.07, 6.45) is 0.571. The fourth-order valence-corrected chi connectivity index (χ4v) is 6.64. The zero-order chi connectivity index (χ0) is 29.3. The summed E-state index contributed by atoms with van der Waals surface area (Å²) in [5, 5.41) is 2.77. The molecule has 0 bridgehead atoms. The van der Waals surface area contributed by atoms with Crippen LogP contribution in [0.3, 0.4) is 0 Å². The van der Waals surface area contributed by atoms with Gasteiger partial charge in [-0.3, -0.25) is 14.4 Å². The average Bonchev–Trinajstić information content (AvgIpc) is 3.24. The Labute approximate surface area is 251 Å². The lowest BCUT2D eigenvalue weighted by molar-refractivity contribution is 0.0981. The first-order valence-corrected chi connectivity index (χ1v) is 14.8. The standard InChI is InChI=1S/C33H27N5O4S/c39-30-14-6-12-28(35-30)36-32(40)27-19-21-15-16-38(25-10-3-2-8-23(25)31(21)43-27)33(41)24-9-5-13-29(34-24)37-17-18-42-26-11-4-1-7-22(26)20-37/h1-14,19H,15-18,20H2,(H2,35,36,39,40). The molecule has 2 aromatic carbocycles. The lowest BCUT2D eigenvalue weighted by Crippen LogP contribution is -2.34. The number of carbonyl (C=O) groups is 2. The molecule has 0 fully saturated rings. The number of aromatic nitrogens is 2. The van der Waals surface area contributed by atoms with Crippen molar-refractivity contribution in [3.8, 4) is 16.2 Å². The molecule has 7 rings (SSSR count). The van der Waals surface area contributed by atoms with E-state index in [1.165, 1.54) is 17.4 Å². The van der Waals surface area contributed by atoms with Crippen molar-refractivity contribution < 1.29 is 14.3 Å². The number of ether oxygens (including phenoxy) is 1. The number of pyridine rings is 2. The number of aromatic amines is 1. The van der Waals surface area contributed by atoms with Crippen LogP contribution in [0, 0.1) is 0 Å². The van der Waals surface area contributed by atoms with Crippen molar-refractivity contribution in [1.29, 1.82) is 0 Å². The summed E-state index contributed by atoms with van der Waals surface area (Å²) in [5.41, 5.74) is 3.81. The Morgan fingerprint density at radius 3 is 2.65 bits per heavy atom. The number of nitrogens with one attached hydrogen (secondary N) is 2. The van der Waals surface area contributed by atoms with Gasteiger partial charge < -0.3 is 24.8 Å². The number of hydrogen-bond acceptors (Lipinski definition) is 7. The van der Waals surface area contributed by atoms with E-state index >= 15 is 0 Å². The number of carbonyl (C=O) groups excluding carboxylic acids is 2. The summed E-state index contributed by atoms with van der Waals surface area (Å²) in [6, 6.07) is 27.8. The van der Waals surface area contributed by atoms with Crippen LogP contribution in [0.5, 0.6) is 5.75 Å². The predicted octanol–water partition coefficient (Wildman–Crippen LogP) is 5.35. The van der Waals surface area contributed by atoms with Crippen LogP contribution in [0.4, 0.5) is 17.3 Å². The van der Waals surface area contributed by atoms with E-state index < -0.39 is 0 Å². The Bertz CT molecular complexity index is 1920. The average molecular weight is 590 g/mol. The third-order valence-corrected chi connectivity index (χ3v) is 8.78. The second-order valence-electron chi connectivity index (χ2n) is 10.3. The van der Waals surface area contributed by atoms with Crippen LogP contribution in [0.25, 0.3) is 10.4 Å². The molecule has 0 radical (unpaired) electrons. The van der Waals surface area contributed by atoms with Crippen molar-refractivity contribution in [2.45, 2.75) is 13.0 Å². The number of rotatable bonds is 4. The molecular weight excluding hydrogens is 562 g/mol. The Kier molecular flexibility index (Phi) is 6.96. The maximum Gasteiger partial charge on any atom is 0.276 e. The second-order valence-corrected chi connectivity index (χ2v) is 11.4. The van der Waals surface area contributed by atoms with Gasteiger partial charge in [-0.25, -0.2) is 4.98 Å². The van der Waals surface area contributed by atoms with Crippen LogP contribution >= 0.6 is 11.3 Å². The molecule has 2 N–H and O–H groups in total.